The Morgan fingerprint density at radius 1 is 1.41 bits per heavy atom. The highest BCUT2D eigenvalue weighted by molar-refractivity contribution is 6.30. The summed E-state index contributed by atoms with van der Waals surface area (Å²) in [5.41, 5.74) is 6.24. The maximum atomic E-state index is 11.8. The van der Waals surface area contributed by atoms with Gasteiger partial charge in [-0.2, -0.15) is 0 Å². The third-order valence-electron chi connectivity index (χ3n) is 2.31. The summed E-state index contributed by atoms with van der Waals surface area (Å²) in [5.74, 6) is -0.199. The van der Waals surface area contributed by atoms with Gasteiger partial charge in [0.25, 0.3) is 0 Å². The molecular formula is C12H18Cl2N2O. The molecule has 1 amide bonds. The van der Waals surface area contributed by atoms with Crippen LogP contribution in [-0.4, -0.2) is 11.9 Å². The van der Waals surface area contributed by atoms with Gasteiger partial charge < -0.3 is 11.1 Å². The SMILES string of the molecule is CC(C)(C)[C@H](N)C(=O)Nc1cccc(Cl)c1.Cl. The minimum atomic E-state index is -0.550. The molecule has 0 aromatic heterocycles. The van der Waals surface area contributed by atoms with E-state index < -0.39 is 6.04 Å². The number of carbonyl (C=O) groups is 1. The Labute approximate surface area is 113 Å². The molecule has 0 saturated heterocycles. The number of anilines is 1. The quantitative estimate of drug-likeness (QED) is 0.872. The summed E-state index contributed by atoms with van der Waals surface area (Å²) in [4.78, 5) is 11.8. The van der Waals surface area contributed by atoms with E-state index in [4.69, 9.17) is 17.3 Å². The van der Waals surface area contributed by atoms with Crippen molar-refractivity contribution in [2.75, 3.05) is 5.32 Å². The van der Waals surface area contributed by atoms with Gasteiger partial charge in [0.1, 0.15) is 0 Å². The monoisotopic (exact) mass is 276 g/mol. The summed E-state index contributed by atoms with van der Waals surface area (Å²) < 4.78 is 0. The molecule has 5 heteroatoms. The number of hydrogen-bond acceptors (Lipinski definition) is 2. The number of halogens is 2. The first-order chi connectivity index (χ1) is 7.30. The predicted octanol–water partition coefficient (Wildman–Crippen LogP) is 3.07. The van der Waals surface area contributed by atoms with E-state index in [1.807, 2.05) is 20.8 Å². The first kappa shape index (κ1) is 16.2. The van der Waals surface area contributed by atoms with Crippen molar-refractivity contribution < 1.29 is 4.79 Å². The number of amides is 1. The van der Waals surface area contributed by atoms with Gasteiger partial charge in [0.15, 0.2) is 0 Å². The molecule has 3 nitrogen and oxygen atoms in total. The van der Waals surface area contributed by atoms with E-state index in [2.05, 4.69) is 5.32 Å². The van der Waals surface area contributed by atoms with E-state index in [9.17, 15) is 4.79 Å². The van der Waals surface area contributed by atoms with Crippen molar-refractivity contribution in [2.24, 2.45) is 11.1 Å². The zero-order chi connectivity index (χ0) is 12.3. The molecule has 0 heterocycles. The molecule has 0 aliphatic rings. The minimum absolute atomic E-state index is 0. The second-order valence-corrected chi connectivity index (χ2v) is 5.28. The van der Waals surface area contributed by atoms with Crippen molar-refractivity contribution in [2.45, 2.75) is 26.8 Å². The number of hydrogen-bond donors (Lipinski definition) is 2. The van der Waals surface area contributed by atoms with Crippen LogP contribution < -0.4 is 11.1 Å². The van der Waals surface area contributed by atoms with Gasteiger partial charge >= 0.3 is 0 Å². The standard InChI is InChI=1S/C12H17ClN2O.ClH/c1-12(2,3)10(14)11(16)15-9-6-4-5-8(13)7-9;/h4-7,10H,14H2,1-3H3,(H,15,16);1H/t10-;/m1./s1. The fraction of sp³-hybridized carbons (Fsp3) is 0.417. The molecule has 0 unspecified atom stereocenters. The molecule has 0 aliphatic carbocycles. The smallest absolute Gasteiger partial charge is 0.241 e. The van der Waals surface area contributed by atoms with Crippen molar-refractivity contribution in [3.63, 3.8) is 0 Å². The highest BCUT2D eigenvalue weighted by Gasteiger charge is 2.27. The number of carbonyl (C=O) groups excluding carboxylic acids is 1. The van der Waals surface area contributed by atoms with Crippen molar-refractivity contribution in [3.8, 4) is 0 Å². The van der Waals surface area contributed by atoms with Crippen LogP contribution in [0.2, 0.25) is 5.02 Å². The molecule has 0 spiro atoms. The lowest BCUT2D eigenvalue weighted by molar-refractivity contribution is -0.119. The van der Waals surface area contributed by atoms with Crippen LogP contribution in [0.3, 0.4) is 0 Å². The molecule has 96 valence electrons. The van der Waals surface area contributed by atoms with Crippen LogP contribution >= 0.6 is 24.0 Å². The maximum Gasteiger partial charge on any atom is 0.241 e. The Morgan fingerprint density at radius 2 is 2.00 bits per heavy atom. The maximum absolute atomic E-state index is 11.8. The topological polar surface area (TPSA) is 55.1 Å². The Bertz CT molecular complexity index is 388. The first-order valence-electron chi connectivity index (χ1n) is 5.13. The van der Waals surface area contributed by atoms with E-state index in [0.717, 1.165) is 0 Å². The lowest BCUT2D eigenvalue weighted by atomic mass is 9.87. The third-order valence-corrected chi connectivity index (χ3v) is 2.54. The first-order valence-corrected chi connectivity index (χ1v) is 5.50. The summed E-state index contributed by atoms with van der Waals surface area (Å²) >= 11 is 5.82. The average molecular weight is 277 g/mol. The van der Waals surface area contributed by atoms with Crippen molar-refractivity contribution in [3.05, 3.63) is 29.3 Å². The van der Waals surface area contributed by atoms with Crippen LogP contribution in [0.1, 0.15) is 20.8 Å². The van der Waals surface area contributed by atoms with Crippen LogP contribution in [-0.2, 0) is 4.79 Å². The van der Waals surface area contributed by atoms with Gasteiger partial charge in [-0.1, -0.05) is 38.4 Å². The van der Waals surface area contributed by atoms with Crippen molar-refractivity contribution >= 4 is 35.6 Å². The third kappa shape index (κ3) is 4.94. The van der Waals surface area contributed by atoms with Crippen LogP contribution in [0.15, 0.2) is 24.3 Å². The fourth-order valence-electron chi connectivity index (χ4n) is 1.18. The van der Waals surface area contributed by atoms with Gasteiger partial charge in [0.05, 0.1) is 6.04 Å². The predicted molar refractivity (Wildman–Crippen MR) is 74.8 cm³/mol. The zero-order valence-electron chi connectivity index (χ0n) is 10.2. The molecule has 1 aromatic rings. The summed E-state index contributed by atoms with van der Waals surface area (Å²) in [6, 6.07) is 6.45. The van der Waals surface area contributed by atoms with Crippen molar-refractivity contribution in [1.82, 2.24) is 0 Å². The van der Waals surface area contributed by atoms with Crippen LogP contribution in [0, 0.1) is 5.41 Å². The molecule has 1 aromatic carbocycles. The lowest BCUT2D eigenvalue weighted by Crippen LogP contribution is -2.45. The Balaban J connectivity index is 0.00000256. The van der Waals surface area contributed by atoms with Gasteiger partial charge in [0, 0.05) is 10.7 Å². The summed E-state index contributed by atoms with van der Waals surface area (Å²) in [6.07, 6.45) is 0. The van der Waals surface area contributed by atoms with E-state index in [1.54, 1.807) is 24.3 Å². The van der Waals surface area contributed by atoms with E-state index in [-0.39, 0.29) is 23.7 Å². The molecule has 17 heavy (non-hydrogen) atoms. The highest BCUT2D eigenvalue weighted by Crippen LogP contribution is 2.20. The molecule has 0 saturated carbocycles. The summed E-state index contributed by atoms with van der Waals surface area (Å²) in [7, 11) is 0. The van der Waals surface area contributed by atoms with Gasteiger partial charge in [-0.3, -0.25) is 4.79 Å². The molecule has 0 radical (unpaired) electrons. The normalized spacial score (nSPS) is 12.5. The van der Waals surface area contributed by atoms with E-state index in [1.165, 1.54) is 0 Å². The minimum Gasteiger partial charge on any atom is -0.325 e. The average Bonchev–Trinajstić information content (AvgIpc) is 2.15. The molecule has 1 rings (SSSR count). The lowest BCUT2D eigenvalue weighted by Gasteiger charge is -2.25. The fourth-order valence-corrected chi connectivity index (χ4v) is 1.37. The van der Waals surface area contributed by atoms with E-state index in [0.29, 0.717) is 10.7 Å². The molecule has 1 atom stereocenters. The van der Waals surface area contributed by atoms with Gasteiger partial charge in [0.2, 0.25) is 5.91 Å². The van der Waals surface area contributed by atoms with Gasteiger partial charge in [-0.25, -0.2) is 0 Å². The molecule has 0 bridgehead atoms. The number of nitrogens with one attached hydrogen (secondary N) is 1. The molecule has 0 fully saturated rings. The Kier molecular flexibility index (Phi) is 5.96. The Hall–Kier alpha value is -0.770. The molecule has 3 N–H and O–H groups in total. The second kappa shape index (κ2) is 6.24. The second-order valence-electron chi connectivity index (χ2n) is 4.84. The molecule has 0 aliphatic heterocycles. The number of benzene rings is 1. The van der Waals surface area contributed by atoms with Gasteiger partial charge in [-0.15, -0.1) is 12.4 Å². The van der Waals surface area contributed by atoms with Crippen LogP contribution in [0.4, 0.5) is 5.69 Å². The number of rotatable bonds is 2. The number of nitrogens with two attached hydrogens (primary N) is 1. The highest BCUT2D eigenvalue weighted by atomic mass is 35.5. The van der Waals surface area contributed by atoms with Gasteiger partial charge in [-0.05, 0) is 23.6 Å². The molecular weight excluding hydrogens is 259 g/mol. The Morgan fingerprint density at radius 3 is 2.47 bits per heavy atom. The van der Waals surface area contributed by atoms with Crippen molar-refractivity contribution in [1.29, 1.82) is 0 Å². The summed E-state index contributed by atoms with van der Waals surface area (Å²) in [5, 5.41) is 3.33. The summed E-state index contributed by atoms with van der Waals surface area (Å²) in [6.45, 7) is 5.78. The van der Waals surface area contributed by atoms with Crippen LogP contribution in [0.5, 0.6) is 0 Å². The zero-order valence-corrected chi connectivity index (χ0v) is 11.7. The largest absolute Gasteiger partial charge is 0.325 e. The van der Waals surface area contributed by atoms with E-state index >= 15 is 0 Å². The van der Waals surface area contributed by atoms with Crippen LogP contribution in [0.25, 0.3) is 0 Å².